The largest absolute Gasteiger partial charge is 0.374 e. The number of carbonyl (C=O) groups is 1. The number of aromatic nitrogens is 1. The molecule has 1 atom stereocenters. The molecule has 0 saturated heterocycles. The van der Waals surface area contributed by atoms with Gasteiger partial charge in [-0.3, -0.25) is 4.79 Å². The third kappa shape index (κ3) is 3.51. The van der Waals surface area contributed by atoms with Crippen LogP contribution in [0.4, 0.5) is 11.5 Å². The Labute approximate surface area is 122 Å². The first-order valence-corrected chi connectivity index (χ1v) is 6.60. The van der Waals surface area contributed by atoms with Gasteiger partial charge in [-0.1, -0.05) is 22.8 Å². The van der Waals surface area contributed by atoms with Crippen LogP contribution in [-0.2, 0) is 4.79 Å². The van der Waals surface area contributed by atoms with Crippen LogP contribution in [0.5, 0.6) is 0 Å². The second-order valence-corrected chi connectivity index (χ2v) is 5.05. The summed E-state index contributed by atoms with van der Waals surface area (Å²) >= 11 is 6.05. The Bertz CT molecular complexity index is 625. The molecule has 0 aliphatic heterocycles. The van der Waals surface area contributed by atoms with E-state index in [0.29, 0.717) is 16.6 Å². The second-order valence-electron chi connectivity index (χ2n) is 4.64. The molecule has 20 heavy (non-hydrogen) atoms. The van der Waals surface area contributed by atoms with Gasteiger partial charge in [-0.15, -0.1) is 0 Å². The third-order valence-electron chi connectivity index (χ3n) is 2.83. The number of aryl methyl sites for hydroxylation is 2. The SMILES string of the molecule is Cc1cc(NC(=O)[C@H](C)Nc2ccc(C)c(Cl)c2)no1. The molecule has 106 valence electrons. The fourth-order valence-corrected chi connectivity index (χ4v) is 1.84. The van der Waals surface area contributed by atoms with E-state index in [1.165, 1.54) is 0 Å². The Hall–Kier alpha value is -2.01. The van der Waals surface area contributed by atoms with Crippen molar-refractivity contribution in [1.29, 1.82) is 0 Å². The summed E-state index contributed by atoms with van der Waals surface area (Å²) in [6.45, 7) is 5.45. The molecule has 0 saturated carbocycles. The van der Waals surface area contributed by atoms with Gasteiger partial charge in [-0.25, -0.2) is 0 Å². The van der Waals surface area contributed by atoms with E-state index in [1.54, 1.807) is 26.0 Å². The van der Waals surface area contributed by atoms with E-state index < -0.39 is 6.04 Å². The zero-order chi connectivity index (χ0) is 14.7. The van der Waals surface area contributed by atoms with Crippen LogP contribution >= 0.6 is 11.6 Å². The average molecular weight is 294 g/mol. The van der Waals surface area contributed by atoms with Gasteiger partial charge in [-0.05, 0) is 38.5 Å². The monoisotopic (exact) mass is 293 g/mol. The van der Waals surface area contributed by atoms with Gasteiger partial charge < -0.3 is 15.2 Å². The van der Waals surface area contributed by atoms with Crippen LogP contribution in [0.3, 0.4) is 0 Å². The highest BCUT2D eigenvalue weighted by Gasteiger charge is 2.14. The lowest BCUT2D eigenvalue weighted by Gasteiger charge is -2.14. The van der Waals surface area contributed by atoms with Crippen LogP contribution in [0, 0.1) is 13.8 Å². The summed E-state index contributed by atoms with van der Waals surface area (Å²) in [7, 11) is 0. The topological polar surface area (TPSA) is 67.2 Å². The third-order valence-corrected chi connectivity index (χ3v) is 3.23. The van der Waals surface area contributed by atoms with Gasteiger partial charge in [0.2, 0.25) is 5.91 Å². The van der Waals surface area contributed by atoms with Gasteiger partial charge in [-0.2, -0.15) is 0 Å². The fraction of sp³-hybridized carbons (Fsp3) is 0.286. The van der Waals surface area contributed by atoms with E-state index in [4.69, 9.17) is 16.1 Å². The van der Waals surface area contributed by atoms with E-state index in [0.717, 1.165) is 11.3 Å². The van der Waals surface area contributed by atoms with Crippen molar-refractivity contribution >= 4 is 29.0 Å². The molecule has 0 unspecified atom stereocenters. The maximum Gasteiger partial charge on any atom is 0.247 e. The van der Waals surface area contributed by atoms with Crippen molar-refractivity contribution in [2.75, 3.05) is 10.6 Å². The molecule has 0 aliphatic rings. The van der Waals surface area contributed by atoms with Gasteiger partial charge in [0.25, 0.3) is 0 Å². The fourth-order valence-electron chi connectivity index (χ4n) is 1.66. The van der Waals surface area contributed by atoms with Crippen LogP contribution < -0.4 is 10.6 Å². The minimum atomic E-state index is -0.425. The standard InChI is InChI=1S/C14H16ClN3O2/c1-8-4-5-11(7-12(8)15)16-10(3)14(19)17-13-6-9(2)20-18-13/h4-7,10,16H,1-3H3,(H,17,18,19)/t10-/m0/s1. The molecular weight excluding hydrogens is 278 g/mol. The van der Waals surface area contributed by atoms with Gasteiger partial charge in [0, 0.05) is 16.8 Å². The predicted molar refractivity (Wildman–Crippen MR) is 79.1 cm³/mol. The van der Waals surface area contributed by atoms with Crippen LogP contribution in [0.2, 0.25) is 5.02 Å². The van der Waals surface area contributed by atoms with Gasteiger partial charge >= 0.3 is 0 Å². The van der Waals surface area contributed by atoms with Crippen LogP contribution in [0.15, 0.2) is 28.8 Å². The van der Waals surface area contributed by atoms with E-state index in [9.17, 15) is 4.79 Å². The van der Waals surface area contributed by atoms with E-state index in [1.807, 2.05) is 19.1 Å². The minimum absolute atomic E-state index is 0.199. The molecule has 5 nitrogen and oxygen atoms in total. The Kier molecular flexibility index (Phi) is 4.29. The van der Waals surface area contributed by atoms with Gasteiger partial charge in [0.15, 0.2) is 5.82 Å². The minimum Gasteiger partial charge on any atom is -0.374 e. The van der Waals surface area contributed by atoms with Crippen molar-refractivity contribution < 1.29 is 9.32 Å². The first kappa shape index (κ1) is 14.4. The molecule has 0 fully saturated rings. The number of amides is 1. The van der Waals surface area contributed by atoms with Crippen molar-refractivity contribution in [3.63, 3.8) is 0 Å². The number of benzene rings is 1. The Balaban J connectivity index is 1.98. The van der Waals surface area contributed by atoms with Crippen molar-refractivity contribution in [3.8, 4) is 0 Å². The number of carbonyl (C=O) groups excluding carboxylic acids is 1. The van der Waals surface area contributed by atoms with Crippen LogP contribution in [-0.4, -0.2) is 17.1 Å². The quantitative estimate of drug-likeness (QED) is 0.907. The van der Waals surface area contributed by atoms with E-state index >= 15 is 0 Å². The zero-order valence-corrected chi connectivity index (χ0v) is 12.3. The summed E-state index contributed by atoms with van der Waals surface area (Å²) in [5.74, 6) is 0.851. The van der Waals surface area contributed by atoms with E-state index in [-0.39, 0.29) is 5.91 Å². The number of halogens is 1. The first-order valence-electron chi connectivity index (χ1n) is 6.22. The number of anilines is 2. The number of rotatable bonds is 4. The lowest BCUT2D eigenvalue weighted by molar-refractivity contribution is -0.116. The molecule has 0 bridgehead atoms. The molecule has 1 aromatic carbocycles. The Morgan fingerprint density at radius 2 is 2.10 bits per heavy atom. The first-order chi connectivity index (χ1) is 9.45. The predicted octanol–water partition coefficient (Wildman–Crippen LogP) is 3.38. The smallest absolute Gasteiger partial charge is 0.247 e. The number of nitrogens with zero attached hydrogens (tertiary/aromatic N) is 1. The normalized spacial score (nSPS) is 12.0. The van der Waals surface area contributed by atoms with Crippen molar-refractivity contribution in [1.82, 2.24) is 5.16 Å². The molecule has 0 radical (unpaired) electrons. The summed E-state index contributed by atoms with van der Waals surface area (Å²) in [4.78, 5) is 12.0. The molecule has 1 amide bonds. The van der Waals surface area contributed by atoms with E-state index in [2.05, 4.69) is 15.8 Å². The van der Waals surface area contributed by atoms with Crippen molar-refractivity contribution in [2.24, 2.45) is 0 Å². The second kappa shape index (κ2) is 5.96. The number of hydrogen-bond donors (Lipinski definition) is 2. The van der Waals surface area contributed by atoms with Crippen molar-refractivity contribution in [2.45, 2.75) is 26.8 Å². The highest BCUT2D eigenvalue weighted by molar-refractivity contribution is 6.31. The molecule has 0 spiro atoms. The number of hydrogen-bond acceptors (Lipinski definition) is 4. The highest BCUT2D eigenvalue weighted by Crippen LogP contribution is 2.20. The van der Waals surface area contributed by atoms with Gasteiger partial charge in [0.1, 0.15) is 11.8 Å². The van der Waals surface area contributed by atoms with Crippen LogP contribution in [0.1, 0.15) is 18.2 Å². The summed E-state index contributed by atoms with van der Waals surface area (Å²) < 4.78 is 4.89. The Morgan fingerprint density at radius 1 is 1.35 bits per heavy atom. The molecule has 2 aromatic rings. The van der Waals surface area contributed by atoms with Gasteiger partial charge in [0.05, 0.1) is 0 Å². The number of nitrogens with one attached hydrogen (secondary N) is 2. The summed E-state index contributed by atoms with van der Waals surface area (Å²) in [5.41, 5.74) is 1.78. The molecule has 0 aliphatic carbocycles. The molecule has 2 rings (SSSR count). The molecule has 6 heteroatoms. The zero-order valence-electron chi connectivity index (χ0n) is 11.5. The Morgan fingerprint density at radius 3 is 2.70 bits per heavy atom. The molecule has 1 aromatic heterocycles. The van der Waals surface area contributed by atoms with Crippen LogP contribution in [0.25, 0.3) is 0 Å². The summed E-state index contributed by atoms with van der Waals surface area (Å²) in [5, 5.41) is 10.1. The lowest BCUT2D eigenvalue weighted by Crippen LogP contribution is -2.31. The molecule has 1 heterocycles. The van der Waals surface area contributed by atoms with Crippen molar-refractivity contribution in [3.05, 3.63) is 40.6 Å². The molecule has 2 N–H and O–H groups in total. The summed E-state index contributed by atoms with van der Waals surface area (Å²) in [6.07, 6.45) is 0. The maximum atomic E-state index is 12.0. The lowest BCUT2D eigenvalue weighted by atomic mass is 10.2. The maximum absolute atomic E-state index is 12.0. The molecular formula is C14H16ClN3O2. The highest BCUT2D eigenvalue weighted by atomic mass is 35.5. The average Bonchev–Trinajstić information content (AvgIpc) is 2.79. The summed E-state index contributed by atoms with van der Waals surface area (Å²) in [6, 6.07) is 6.81.